The molecule has 0 spiro atoms. The summed E-state index contributed by atoms with van der Waals surface area (Å²) in [5.41, 5.74) is 1.43. The molecule has 1 fully saturated rings. The summed E-state index contributed by atoms with van der Waals surface area (Å²) in [5, 5.41) is 5.69. The van der Waals surface area contributed by atoms with E-state index in [1.165, 1.54) is 0 Å². The van der Waals surface area contributed by atoms with Crippen molar-refractivity contribution in [2.75, 3.05) is 10.6 Å². The van der Waals surface area contributed by atoms with Crippen LogP contribution in [0.4, 0.5) is 11.4 Å². The van der Waals surface area contributed by atoms with E-state index in [-0.39, 0.29) is 11.8 Å². The van der Waals surface area contributed by atoms with Crippen LogP contribution in [0.25, 0.3) is 0 Å². The Morgan fingerprint density at radius 1 is 0.724 bits per heavy atom. The van der Waals surface area contributed by atoms with Crippen LogP contribution in [0.2, 0.25) is 0 Å². The van der Waals surface area contributed by atoms with E-state index in [1.54, 1.807) is 24.3 Å². The Balaban J connectivity index is 1.34. The van der Waals surface area contributed by atoms with Crippen LogP contribution < -0.4 is 15.4 Å². The largest absolute Gasteiger partial charge is 0.489 e. The van der Waals surface area contributed by atoms with Crippen molar-refractivity contribution >= 4 is 23.2 Å². The van der Waals surface area contributed by atoms with Gasteiger partial charge in [-0.2, -0.15) is 0 Å². The number of benzene rings is 3. The quantitative estimate of drug-likeness (QED) is 0.582. The average molecular weight is 386 g/mol. The number of carbonyl (C=O) groups excluding carboxylic acids is 2. The molecule has 0 atom stereocenters. The highest BCUT2D eigenvalue weighted by molar-refractivity contribution is 6.16. The number of nitrogens with one attached hydrogen (secondary N) is 2. The number of rotatable bonds is 7. The van der Waals surface area contributed by atoms with Crippen LogP contribution in [0.3, 0.4) is 0 Å². The van der Waals surface area contributed by atoms with Crippen molar-refractivity contribution in [1.82, 2.24) is 0 Å². The summed E-state index contributed by atoms with van der Waals surface area (Å²) in [6, 6.07) is 26.3. The molecule has 0 saturated heterocycles. The van der Waals surface area contributed by atoms with Gasteiger partial charge < -0.3 is 15.4 Å². The number of amides is 2. The maximum atomic E-state index is 12.7. The first-order valence-corrected chi connectivity index (χ1v) is 9.60. The highest BCUT2D eigenvalue weighted by Crippen LogP contribution is 2.47. The maximum absolute atomic E-state index is 12.7. The molecule has 29 heavy (non-hydrogen) atoms. The van der Waals surface area contributed by atoms with Gasteiger partial charge in [-0.1, -0.05) is 48.5 Å². The fourth-order valence-corrected chi connectivity index (χ4v) is 3.08. The van der Waals surface area contributed by atoms with Crippen LogP contribution >= 0.6 is 0 Å². The Hall–Kier alpha value is -3.60. The van der Waals surface area contributed by atoms with Gasteiger partial charge >= 0.3 is 0 Å². The van der Waals surface area contributed by atoms with Crippen LogP contribution in [0.5, 0.6) is 5.75 Å². The van der Waals surface area contributed by atoms with Crippen molar-refractivity contribution in [2.24, 2.45) is 5.41 Å². The minimum absolute atomic E-state index is 0.260. The first-order chi connectivity index (χ1) is 14.2. The zero-order valence-electron chi connectivity index (χ0n) is 15.9. The van der Waals surface area contributed by atoms with Gasteiger partial charge in [0.2, 0.25) is 11.8 Å². The Kier molecular flexibility index (Phi) is 5.29. The molecule has 0 aromatic heterocycles. The SMILES string of the molecule is O=C(Nc1ccccc1)C1(C(=O)Nc2ccc(OCc3ccccc3)cc2)CC1. The summed E-state index contributed by atoms with van der Waals surface area (Å²) in [6.07, 6.45) is 1.10. The van der Waals surface area contributed by atoms with Crippen molar-refractivity contribution in [3.8, 4) is 5.75 Å². The van der Waals surface area contributed by atoms with E-state index in [9.17, 15) is 9.59 Å². The zero-order chi connectivity index (χ0) is 20.1. The Labute approximate surface area is 169 Å². The van der Waals surface area contributed by atoms with Gasteiger partial charge in [-0.3, -0.25) is 9.59 Å². The molecule has 0 unspecified atom stereocenters. The topological polar surface area (TPSA) is 67.4 Å². The van der Waals surface area contributed by atoms with Crippen LogP contribution in [0.1, 0.15) is 18.4 Å². The summed E-state index contributed by atoms with van der Waals surface area (Å²) < 4.78 is 5.76. The van der Waals surface area contributed by atoms with Crippen LogP contribution in [0.15, 0.2) is 84.9 Å². The average Bonchev–Trinajstić information content (AvgIpc) is 3.57. The predicted octanol–water partition coefficient (Wildman–Crippen LogP) is 4.62. The molecule has 4 rings (SSSR count). The van der Waals surface area contributed by atoms with Crippen LogP contribution in [-0.4, -0.2) is 11.8 Å². The number of hydrogen-bond donors (Lipinski definition) is 2. The smallest absolute Gasteiger partial charge is 0.240 e. The normalized spacial score (nSPS) is 13.9. The summed E-state index contributed by atoms with van der Waals surface area (Å²) in [5.74, 6) is 0.183. The van der Waals surface area contributed by atoms with E-state index < -0.39 is 5.41 Å². The van der Waals surface area contributed by atoms with Gasteiger partial charge in [0.15, 0.2) is 0 Å². The second-order valence-corrected chi connectivity index (χ2v) is 7.16. The molecule has 0 heterocycles. The summed E-state index contributed by atoms with van der Waals surface area (Å²) >= 11 is 0. The van der Waals surface area contributed by atoms with E-state index in [0.29, 0.717) is 30.8 Å². The minimum Gasteiger partial charge on any atom is -0.489 e. The first kappa shape index (κ1) is 18.7. The van der Waals surface area contributed by atoms with Gasteiger partial charge in [-0.25, -0.2) is 0 Å². The molecule has 3 aromatic carbocycles. The fraction of sp³-hybridized carbons (Fsp3) is 0.167. The molecule has 146 valence electrons. The second kappa shape index (κ2) is 8.19. The van der Waals surface area contributed by atoms with Gasteiger partial charge in [0.1, 0.15) is 17.8 Å². The van der Waals surface area contributed by atoms with E-state index in [0.717, 1.165) is 11.3 Å². The monoisotopic (exact) mass is 386 g/mol. The molecule has 2 N–H and O–H groups in total. The number of para-hydroxylation sites is 1. The second-order valence-electron chi connectivity index (χ2n) is 7.16. The molecular formula is C24H22N2O3. The molecule has 0 radical (unpaired) electrons. The molecule has 0 bridgehead atoms. The van der Waals surface area contributed by atoms with Gasteiger partial charge in [0, 0.05) is 11.4 Å². The van der Waals surface area contributed by atoms with E-state index >= 15 is 0 Å². The lowest BCUT2D eigenvalue weighted by Gasteiger charge is -2.16. The number of carbonyl (C=O) groups is 2. The van der Waals surface area contributed by atoms with Crippen molar-refractivity contribution in [3.05, 3.63) is 90.5 Å². The standard InChI is InChI=1S/C24H22N2O3/c27-22(25-19-9-5-2-6-10-19)24(15-16-24)23(28)26-20-11-13-21(14-12-20)29-17-18-7-3-1-4-8-18/h1-14H,15-17H2,(H,25,27)(H,26,28). The minimum atomic E-state index is -0.988. The third-order valence-electron chi connectivity index (χ3n) is 5.01. The molecule has 0 aliphatic heterocycles. The van der Waals surface area contributed by atoms with Crippen LogP contribution in [-0.2, 0) is 16.2 Å². The predicted molar refractivity (Wildman–Crippen MR) is 113 cm³/mol. The molecule has 5 heteroatoms. The van der Waals surface area contributed by atoms with E-state index in [1.807, 2.05) is 60.7 Å². The molecule has 5 nitrogen and oxygen atoms in total. The Morgan fingerprint density at radius 2 is 1.24 bits per heavy atom. The van der Waals surface area contributed by atoms with Crippen molar-refractivity contribution in [3.63, 3.8) is 0 Å². The lowest BCUT2D eigenvalue weighted by molar-refractivity contribution is -0.131. The highest BCUT2D eigenvalue weighted by atomic mass is 16.5. The van der Waals surface area contributed by atoms with Crippen LogP contribution in [0, 0.1) is 5.41 Å². The molecule has 1 aliphatic rings. The number of ether oxygens (including phenoxy) is 1. The van der Waals surface area contributed by atoms with Crippen molar-refractivity contribution in [1.29, 1.82) is 0 Å². The van der Waals surface area contributed by atoms with Crippen molar-refractivity contribution < 1.29 is 14.3 Å². The Bertz CT molecular complexity index is 982. The highest BCUT2D eigenvalue weighted by Gasteiger charge is 2.56. The van der Waals surface area contributed by atoms with E-state index in [4.69, 9.17) is 4.74 Å². The fourth-order valence-electron chi connectivity index (χ4n) is 3.08. The summed E-state index contributed by atoms with van der Waals surface area (Å²) in [7, 11) is 0. The van der Waals surface area contributed by atoms with Crippen molar-refractivity contribution in [2.45, 2.75) is 19.4 Å². The molecule has 3 aromatic rings. The van der Waals surface area contributed by atoms with Gasteiger partial charge in [-0.15, -0.1) is 0 Å². The molecular weight excluding hydrogens is 364 g/mol. The number of hydrogen-bond acceptors (Lipinski definition) is 3. The zero-order valence-corrected chi connectivity index (χ0v) is 15.9. The third-order valence-corrected chi connectivity index (χ3v) is 5.01. The third kappa shape index (κ3) is 4.46. The Morgan fingerprint density at radius 3 is 1.79 bits per heavy atom. The summed E-state index contributed by atoms with van der Waals surface area (Å²) in [6.45, 7) is 0.481. The lowest BCUT2D eigenvalue weighted by Crippen LogP contribution is -2.35. The first-order valence-electron chi connectivity index (χ1n) is 9.60. The number of anilines is 2. The maximum Gasteiger partial charge on any atom is 0.240 e. The lowest BCUT2D eigenvalue weighted by atomic mass is 10.0. The molecule has 1 saturated carbocycles. The molecule has 2 amide bonds. The van der Waals surface area contributed by atoms with Gasteiger partial charge in [0.25, 0.3) is 0 Å². The molecule has 1 aliphatic carbocycles. The van der Waals surface area contributed by atoms with E-state index in [2.05, 4.69) is 10.6 Å². The van der Waals surface area contributed by atoms with Gasteiger partial charge in [0.05, 0.1) is 0 Å². The van der Waals surface area contributed by atoms with Gasteiger partial charge in [-0.05, 0) is 54.8 Å². The summed E-state index contributed by atoms with van der Waals surface area (Å²) in [4.78, 5) is 25.3.